The first-order valence-corrected chi connectivity index (χ1v) is 4.10. The second-order valence-electron chi connectivity index (χ2n) is 2.78. The summed E-state index contributed by atoms with van der Waals surface area (Å²) in [6.07, 6.45) is -3.87. The van der Waals surface area contributed by atoms with Crippen LogP contribution in [-0.2, 0) is 14.3 Å². The molecule has 0 aliphatic rings. The van der Waals surface area contributed by atoms with Gasteiger partial charge in [-0.05, 0) is 0 Å². The highest BCUT2D eigenvalue weighted by molar-refractivity contribution is 5.87. The molecule has 0 amide bonds. The van der Waals surface area contributed by atoms with Gasteiger partial charge < -0.3 is 24.8 Å². The van der Waals surface area contributed by atoms with Gasteiger partial charge in [0.05, 0.1) is 13.2 Å². The van der Waals surface area contributed by atoms with Gasteiger partial charge in [-0.15, -0.1) is 0 Å². The molecule has 6 heteroatoms. The van der Waals surface area contributed by atoms with Gasteiger partial charge in [-0.3, -0.25) is 4.79 Å². The molecule has 14 heavy (non-hydrogen) atoms. The van der Waals surface area contributed by atoms with Gasteiger partial charge in [0.15, 0.2) is 5.78 Å². The van der Waals surface area contributed by atoms with Gasteiger partial charge in [0.1, 0.15) is 18.3 Å². The van der Waals surface area contributed by atoms with Crippen molar-refractivity contribution in [2.24, 2.45) is 0 Å². The third kappa shape index (κ3) is 3.69. The average Bonchev–Trinajstić information content (AvgIpc) is 2.18. The Morgan fingerprint density at radius 3 is 2.29 bits per heavy atom. The molecule has 0 fully saturated rings. The first-order valence-electron chi connectivity index (χ1n) is 4.10. The molecule has 0 saturated heterocycles. The minimum Gasteiger partial charge on any atom is -0.393 e. The minimum atomic E-state index is -1.54. The van der Waals surface area contributed by atoms with Crippen molar-refractivity contribution in [2.45, 2.75) is 18.3 Å². The normalized spacial score (nSPS) is 17.5. The molecule has 84 valence electrons. The highest BCUT2D eigenvalue weighted by Crippen LogP contribution is 2.04. The molecule has 0 aliphatic carbocycles. The first-order chi connectivity index (χ1) is 6.58. The molecular formula is C8H16O6. The number of hydrogen-bond acceptors (Lipinski definition) is 6. The van der Waals surface area contributed by atoms with E-state index in [4.69, 9.17) is 14.9 Å². The molecule has 0 spiro atoms. The quantitative estimate of drug-likeness (QED) is 0.445. The van der Waals surface area contributed by atoms with Crippen LogP contribution in [0.15, 0.2) is 0 Å². The summed E-state index contributed by atoms with van der Waals surface area (Å²) < 4.78 is 9.32. The summed E-state index contributed by atoms with van der Waals surface area (Å²) in [4.78, 5) is 11.3. The maximum absolute atomic E-state index is 11.3. The van der Waals surface area contributed by atoms with E-state index in [0.717, 1.165) is 0 Å². The molecule has 0 aromatic heterocycles. The molecule has 0 aromatic carbocycles. The van der Waals surface area contributed by atoms with Crippen molar-refractivity contribution in [3.05, 3.63) is 0 Å². The predicted octanol–water partition coefficient (Wildman–Crippen LogP) is -2.07. The molecule has 0 rings (SSSR count). The van der Waals surface area contributed by atoms with E-state index < -0.39 is 30.7 Å². The fourth-order valence-electron chi connectivity index (χ4n) is 1.00. The van der Waals surface area contributed by atoms with Crippen LogP contribution in [0.1, 0.15) is 0 Å². The van der Waals surface area contributed by atoms with E-state index >= 15 is 0 Å². The summed E-state index contributed by atoms with van der Waals surface area (Å²) in [5.41, 5.74) is 0. The van der Waals surface area contributed by atoms with Crippen LogP contribution in [0.2, 0.25) is 0 Å². The van der Waals surface area contributed by atoms with Gasteiger partial charge in [0.25, 0.3) is 0 Å². The molecule has 0 unspecified atom stereocenters. The standard InChI is InChI=1S/C8H16O6/c1-13-4-6(11)8(14-2)7(12)5(10)3-9/h5-6,8-11H,3-4H2,1-2H3/t5-,6-,8-/m1/s1. The summed E-state index contributed by atoms with van der Waals surface area (Å²) in [5, 5.41) is 26.9. The SMILES string of the molecule is COC[C@@H](O)[C@@H](OC)C(=O)[C@H](O)CO. The summed E-state index contributed by atoms with van der Waals surface area (Å²) >= 11 is 0. The number of carbonyl (C=O) groups excluding carboxylic acids is 1. The van der Waals surface area contributed by atoms with Crippen LogP contribution in [0, 0.1) is 0 Å². The fourth-order valence-corrected chi connectivity index (χ4v) is 1.00. The summed E-state index contributed by atoms with van der Waals surface area (Å²) in [7, 11) is 2.59. The van der Waals surface area contributed by atoms with Gasteiger partial charge in [-0.1, -0.05) is 0 Å². The van der Waals surface area contributed by atoms with Crippen molar-refractivity contribution in [1.29, 1.82) is 0 Å². The molecular weight excluding hydrogens is 192 g/mol. The molecule has 0 heterocycles. The fraction of sp³-hybridized carbons (Fsp3) is 0.875. The number of ether oxygens (including phenoxy) is 2. The maximum atomic E-state index is 11.3. The number of hydrogen-bond donors (Lipinski definition) is 3. The Morgan fingerprint density at radius 2 is 1.93 bits per heavy atom. The zero-order chi connectivity index (χ0) is 11.1. The van der Waals surface area contributed by atoms with E-state index in [1.807, 2.05) is 0 Å². The Balaban J connectivity index is 4.31. The molecule has 6 nitrogen and oxygen atoms in total. The number of Topliss-reactive ketones (excluding diaryl/α,β-unsaturated/α-hetero) is 1. The number of rotatable bonds is 7. The third-order valence-electron chi connectivity index (χ3n) is 1.72. The van der Waals surface area contributed by atoms with Crippen molar-refractivity contribution in [2.75, 3.05) is 27.4 Å². The first kappa shape index (κ1) is 13.5. The van der Waals surface area contributed by atoms with E-state index in [9.17, 15) is 9.90 Å². The highest BCUT2D eigenvalue weighted by atomic mass is 16.5. The topological polar surface area (TPSA) is 96.2 Å². The maximum Gasteiger partial charge on any atom is 0.194 e. The second kappa shape index (κ2) is 6.86. The van der Waals surface area contributed by atoms with Crippen LogP contribution in [0.25, 0.3) is 0 Å². The van der Waals surface area contributed by atoms with Gasteiger partial charge in [-0.25, -0.2) is 0 Å². The molecule has 0 saturated carbocycles. The highest BCUT2D eigenvalue weighted by Gasteiger charge is 2.30. The van der Waals surface area contributed by atoms with Crippen LogP contribution in [0.4, 0.5) is 0 Å². The Kier molecular flexibility index (Phi) is 6.60. The lowest BCUT2D eigenvalue weighted by molar-refractivity contribution is -0.148. The lowest BCUT2D eigenvalue weighted by Gasteiger charge is -2.21. The summed E-state index contributed by atoms with van der Waals surface area (Å²) in [5.74, 6) is -0.764. The number of methoxy groups -OCH3 is 2. The largest absolute Gasteiger partial charge is 0.393 e. The number of ketones is 1. The van der Waals surface area contributed by atoms with Crippen molar-refractivity contribution < 1.29 is 29.6 Å². The minimum absolute atomic E-state index is 0.0810. The van der Waals surface area contributed by atoms with Crippen molar-refractivity contribution in [3.63, 3.8) is 0 Å². The van der Waals surface area contributed by atoms with Crippen molar-refractivity contribution in [3.8, 4) is 0 Å². The summed E-state index contributed by atoms with van der Waals surface area (Å²) in [6.45, 7) is -0.777. The second-order valence-corrected chi connectivity index (χ2v) is 2.78. The van der Waals surface area contributed by atoms with E-state index in [-0.39, 0.29) is 6.61 Å². The average molecular weight is 208 g/mol. The number of carbonyl (C=O) groups is 1. The van der Waals surface area contributed by atoms with Crippen LogP contribution >= 0.6 is 0 Å². The lowest BCUT2D eigenvalue weighted by Crippen LogP contribution is -2.44. The molecule has 3 atom stereocenters. The molecule has 0 aliphatic heterocycles. The van der Waals surface area contributed by atoms with E-state index in [0.29, 0.717) is 0 Å². The van der Waals surface area contributed by atoms with Gasteiger partial charge in [0.2, 0.25) is 0 Å². The smallest absolute Gasteiger partial charge is 0.194 e. The molecule has 0 bridgehead atoms. The lowest BCUT2D eigenvalue weighted by atomic mass is 10.1. The van der Waals surface area contributed by atoms with Crippen molar-refractivity contribution >= 4 is 5.78 Å². The van der Waals surface area contributed by atoms with E-state index in [1.165, 1.54) is 14.2 Å². The van der Waals surface area contributed by atoms with Crippen LogP contribution in [-0.4, -0.2) is 66.8 Å². The van der Waals surface area contributed by atoms with Gasteiger partial charge in [-0.2, -0.15) is 0 Å². The van der Waals surface area contributed by atoms with Crippen LogP contribution < -0.4 is 0 Å². The Bertz CT molecular complexity index is 171. The predicted molar refractivity (Wildman–Crippen MR) is 46.8 cm³/mol. The summed E-state index contributed by atoms with van der Waals surface area (Å²) in [6, 6.07) is 0. The van der Waals surface area contributed by atoms with Gasteiger partial charge >= 0.3 is 0 Å². The zero-order valence-corrected chi connectivity index (χ0v) is 8.21. The van der Waals surface area contributed by atoms with E-state index in [2.05, 4.69) is 4.74 Å². The van der Waals surface area contributed by atoms with Crippen LogP contribution in [0.3, 0.4) is 0 Å². The Morgan fingerprint density at radius 1 is 1.36 bits per heavy atom. The third-order valence-corrected chi connectivity index (χ3v) is 1.72. The number of aliphatic hydroxyl groups is 3. The zero-order valence-electron chi connectivity index (χ0n) is 8.21. The monoisotopic (exact) mass is 208 g/mol. The van der Waals surface area contributed by atoms with Gasteiger partial charge in [0, 0.05) is 14.2 Å². The number of aliphatic hydroxyl groups excluding tert-OH is 3. The Labute approximate surface area is 82.1 Å². The van der Waals surface area contributed by atoms with Crippen LogP contribution in [0.5, 0.6) is 0 Å². The molecule has 0 aromatic rings. The van der Waals surface area contributed by atoms with Crippen molar-refractivity contribution in [1.82, 2.24) is 0 Å². The molecule has 0 radical (unpaired) electrons. The Hall–Kier alpha value is -0.530. The molecule has 3 N–H and O–H groups in total. The van der Waals surface area contributed by atoms with E-state index in [1.54, 1.807) is 0 Å².